The van der Waals surface area contributed by atoms with Crippen LogP contribution in [0.15, 0.2) is 42.5 Å². The van der Waals surface area contributed by atoms with Gasteiger partial charge in [0.15, 0.2) is 0 Å². The maximum Gasteiger partial charge on any atom is 2.00 e. The summed E-state index contributed by atoms with van der Waals surface area (Å²) in [5.41, 5.74) is 0. The number of benzene rings is 1. The molecule has 0 saturated heterocycles. The SMILES string of the molecule is CC(=O)[O-].CC(O)C(=O)[O-].N.O=C([O-])/C=C/C(=O)[O-].O=C([O-])CCC(=O)[O-].O=C[O-].O=S(=O)([O-])[O-].O=[N+]([O-])[O-].Oc1ccccc1.[Br-].[F-].[I-].[Zn+2].[Zn+2].[Zn+2].[Zn+2].[Zn+2].[Zn+2].[Zn+2].[Zn+2].[Zn+2].[Zn+2].[Zn+2]. The zero-order valence-corrected chi connectivity index (χ0v) is 69.3. The minimum Gasteiger partial charge on any atom is -1.00 e. The second-order valence-electron chi connectivity index (χ2n) is 5.77. The molecule has 0 fully saturated rings. The average Bonchev–Trinajstić information content (AvgIpc) is 2.82. The van der Waals surface area contributed by atoms with Gasteiger partial charge in [-0.3, -0.25) is 8.42 Å². The molecule has 0 aliphatic rings. The second-order valence-corrected chi connectivity index (χ2v) is 6.58. The smallest absolute Gasteiger partial charge is 1.00 e. The molecular formula is C20H24BrFIN2O23SZn11+9. The molecule has 0 aliphatic heterocycles. The van der Waals surface area contributed by atoms with Crippen LogP contribution in [0.25, 0.3) is 0 Å². The van der Waals surface area contributed by atoms with Gasteiger partial charge in [0.05, 0.1) is 29.1 Å². The van der Waals surface area contributed by atoms with E-state index in [4.69, 9.17) is 62.9 Å². The van der Waals surface area contributed by atoms with E-state index >= 15 is 0 Å². The monoisotopic (exact) mass is 1620 g/mol. The first-order valence-corrected chi connectivity index (χ1v) is 11.3. The summed E-state index contributed by atoms with van der Waals surface area (Å²) in [5.74, 6) is -8.02. The van der Waals surface area contributed by atoms with Gasteiger partial charge in [-0.15, -0.1) is 0 Å². The molecule has 25 nitrogen and oxygen atoms in total. The largest absolute Gasteiger partial charge is 2.00 e. The molecule has 0 radical (unpaired) electrons. The third-order valence-electron chi connectivity index (χ3n) is 1.99. The number of carbonyl (C=O) groups is 7. The molecule has 0 amide bonds. The Labute approximate surface area is 509 Å². The van der Waals surface area contributed by atoms with Crippen molar-refractivity contribution in [2.45, 2.75) is 32.8 Å². The number of phenols is 1. The van der Waals surface area contributed by atoms with Gasteiger partial charge >= 0.3 is 214 Å². The van der Waals surface area contributed by atoms with Crippen molar-refractivity contribution in [3.8, 4) is 5.75 Å². The van der Waals surface area contributed by atoms with E-state index in [2.05, 4.69) is 0 Å². The molecule has 0 bridgehead atoms. The summed E-state index contributed by atoms with van der Waals surface area (Å²) in [6.07, 6.45) is -1.51. The molecule has 60 heavy (non-hydrogen) atoms. The number of aliphatic carboxylic acids is 6. The molecule has 1 unspecified atom stereocenters. The van der Waals surface area contributed by atoms with Crippen LogP contribution in [0.5, 0.6) is 5.75 Å². The Bertz CT molecular complexity index is 1120. The van der Waals surface area contributed by atoms with Gasteiger partial charge in [0.2, 0.25) is 0 Å². The molecule has 0 saturated carbocycles. The van der Waals surface area contributed by atoms with E-state index in [0.29, 0.717) is 17.9 Å². The summed E-state index contributed by atoms with van der Waals surface area (Å²) >= 11 is 0. The third kappa shape index (κ3) is 362. The number of phenolic OH excluding ortho intramolecular Hbond substituents is 1. The summed E-state index contributed by atoms with van der Waals surface area (Å²) in [6, 6.07) is 8.71. The molecule has 0 heterocycles. The van der Waals surface area contributed by atoms with E-state index in [1.165, 1.54) is 0 Å². The molecule has 40 heteroatoms. The molecule has 1 aromatic carbocycles. The van der Waals surface area contributed by atoms with Crippen molar-refractivity contribution in [2.24, 2.45) is 0 Å². The van der Waals surface area contributed by atoms with E-state index in [1.54, 1.807) is 24.3 Å². The van der Waals surface area contributed by atoms with Gasteiger partial charge in [0.1, 0.15) is 5.75 Å². The van der Waals surface area contributed by atoms with Crippen LogP contribution in [0.4, 0.5) is 0 Å². The van der Waals surface area contributed by atoms with Crippen molar-refractivity contribution in [1.29, 1.82) is 0 Å². The average molecular weight is 1640 g/mol. The molecule has 5 N–H and O–H groups in total. The van der Waals surface area contributed by atoms with E-state index in [9.17, 15) is 49.5 Å². The fraction of sp³-hybridized carbons (Fsp3) is 0.250. The molecule has 1 rings (SSSR count). The number of halogens is 3. The molecule has 0 aliphatic carbocycles. The Balaban J connectivity index is -0.0000000135. The third-order valence-corrected chi connectivity index (χ3v) is 1.99. The maximum atomic E-state index is 9.50. The van der Waals surface area contributed by atoms with Crippen LogP contribution in [-0.2, 0) is 258 Å². The fourth-order valence-electron chi connectivity index (χ4n) is 0.768. The summed E-state index contributed by atoms with van der Waals surface area (Å²) < 4.78 is 34.1. The van der Waals surface area contributed by atoms with Crippen molar-refractivity contribution in [3.63, 3.8) is 0 Å². The van der Waals surface area contributed by atoms with Gasteiger partial charge in [-0.05, 0) is 51.0 Å². The molecular weight excluding hydrogens is 1610 g/mol. The number of carboxylic acid groups (broad SMARTS) is 7. The Morgan fingerprint density at radius 3 is 0.917 bits per heavy atom. The minimum absolute atomic E-state index is 0. The van der Waals surface area contributed by atoms with Gasteiger partial charge in [-0.1, -0.05) is 18.2 Å². The summed E-state index contributed by atoms with van der Waals surface area (Å²) in [7, 11) is -5.17. The number of carbonyl (C=O) groups excluding carboxylic acids is 7. The van der Waals surface area contributed by atoms with Crippen molar-refractivity contribution < 1.29 is 362 Å². The first-order valence-electron chi connectivity index (χ1n) is 10.0. The van der Waals surface area contributed by atoms with Crippen molar-refractivity contribution in [1.82, 2.24) is 6.15 Å². The number of carboxylic acids is 6. The number of para-hydroxylation sites is 1. The quantitative estimate of drug-likeness (QED) is 0.0348. The topological polar surface area (TPSA) is 503 Å². The second kappa shape index (κ2) is 108. The Morgan fingerprint density at radius 1 is 0.700 bits per heavy atom. The van der Waals surface area contributed by atoms with Gasteiger partial charge in [-0.2, -0.15) is 0 Å². The molecule has 0 spiro atoms. The molecule has 0 aromatic heterocycles. The maximum absolute atomic E-state index is 9.50. The molecule has 1 atom stereocenters. The first kappa shape index (κ1) is 144. The Hall–Kier alpha value is 2.04. The van der Waals surface area contributed by atoms with Crippen molar-refractivity contribution in [3.05, 3.63) is 57.8 Å². The van der Waals surface area contributed by atoms with Crippen molar-refractivity contribution >= 4 is 52.7 Å². The van der Waals surface area contributed by atoms with E-state index < -0.39 is 76.7 Å². The van der Waals surface area contributed by atoms with Gasteiger partial charge in [-0.25, -0.2) is 0 Å². The number of hydrogen-bond donors (Lipinski definition) is 3. The zero-order chi connectivity index (χ0) is 37.8. The number of aromatic hydroxyl groups is 1. The Morgan fingerprint density at radius 2 is 0.850 bits per heavy atom. The normalized spacial score (nSPS) is 6.75. The van der Waals surface area contributed by atoms with E-state index in [-0.39, 0.29) is 266 Å². The Kier molecular flexibility index (Phi) is 261. The molecule has 1 aromatic rings. The van der Waals surface area contributed by atoms with Gasteiger partial charge < -0.3 is 156 Å². The standard InChI is InChI=1S/C6H6O.C4H6O4.C4H4O4.C3H6O3.C2H4O2.CH2O2.BrH.FH.HI.NO3.H3N.H2O4S.11Zn/c7-6-4-2-1-3-5-6;2*5-3(6)1-2-4(7)8;1-2(4)3(5)6;1-2(3)4;2-1-3;;;;2-1(3)4;;1-5(2,3)4;;;;;;;;;;;/h1-5,7H;1-2H2,(H,5,6)(H,7,8);1-2H,(H,5,6)(H,7,8);2,4H,1H3,(H,5,6);1H3,(H,3,4);1H,(H,2,3);3*1H;;1H3;(H2,1,2,3,4);;;;;;;;;;;/q;;;;;;;;;-1;;;11*+2/p-12/b;;2-1+;;;;;;;;;;;;;;;;;;;;. The summed E-state index contributed by atoms with van der Waals surface area (Å²) in [4.78, 5) is 72.6. The van der Waals surface area contributed by atoms with Gasteiger partial charge in [0.25, 0.3) is 0 Å². The van der Waals surface area contributed by atoms with E-state index in [0.717, 1.165) is 13.8 Å². The minimum atomic E-state index is -5.17. The summed E-state index contributed by atoms with van der Waals surface area (Å²) in [6.45, 7) is 1.61. The van der Waals surface area contributed by atoms with Crippen LogP contribution >= 0.6 is 0 Å². The predicted octanol–water partition coefficient (Wildman–Crippen LogP) is -19.5. The number of rotatable bonds is 6. The van der Waals surface area contributed by atoms with Gasteiger partial charge in [0, 0.05) is 34.8 Å². The van der Waals surface area contributed by atoms with E-state index in [1.807, 2.05) is 6.07 Å². The van der Waals surface area contributed by atoms with Crippen LogP contribution in [0.1, 0.15) is 26.7 Å². The van der Waals surface area contributed by atoms with Crippen LogP contribution in [0, 0.1) is 15.3 Å². The van der Waals surface area contributed by atoms with Crippen LogP contribution < -0.4 is 87.6 Å². The number of hydrogen-bond acceptors (Lipinski definition) is 24. The number of nitrogens with zero attached hydrogens (tertiary/aromatic N) is 1. The predicted molar refractivity (Wildman–Crippen MR) is 126 cm³/mol. The van der Waals surface area contributed by atoms with Crippen LogP contribution in [0.2, 0.25) is 0 Å². The van der Waals surface area contributed by atoms with Crippen LogP contribution in [-0.4, -0.2) is 81.2 Å². The fourth-order valence-corrected chi connectivity index (χ4v) is 0.768. The summed E-state index contributed by atoms with van der Waals surface area (Å²) in [5, 5.41) is 95.7. The first-order chi connectivity index (χ1) is 20.2. The zero-order valence-electron chi connectivity index (χ0n) is 32.1. The van der Waals surface area contributed by atoms with Crippen LogP contribution in [0.3, 0.4) is 0 Å². The molecule has 292 valence electrons. The van der Waals surface area contributed by atoms with Crippen molar-refractivity contribution in [2.75, 3.05) is 0 Å². The number of aliphatic hydroxyl groups excluding tert-OH is 1. The number of aliphatic hydroxyl groups is 1.